The number of halogens is 1. The van der Waals surface area contributed by atoms with E-state index in [2.05, 4.69) is 59.9 Å². The van der Waals surface area contributed by atoms with E-state index in [9.17, 15) is 0 Å². The molecule has 32 heavy (non-hydrogen) atoms. The molecule has 4 heterocycles. The van der Waals surface area contributed by atoms with E-state index in [0.29, 0.717) is 0 Å². The van der Waals surface area contributed by atoms with Crippen LogP contribution in [0.4, 0.5) is 0 Å². The third kappa shape index (κ3) is 7.93. The van der Waals surface area contributed by atoms with Crippen LogP contribution in [0.3, 0.4) is 0 Å². The van der Waals surface area contributed by atoms with Crippen molar-refractivity contribution in [3.05, 3.63) is 59.0 Å². The number of imidazole rings is 2. The maximum atomic E-state index is 8.64. The Bertz CT molecular complexity index is 1060. The van der Waals surface area contributed by atoms with Crippen LogP contribution < -0.4 is 34.8 Å². The van der Waals surface area contributed by atoms with Gasteiger partial charge in [-0.3, -0.25) is 14.8 Å². The molecule has 0 saturated carbocycles. The molecule has 9 nitrogen and oxygen atoms in total. The molecule has 168 valence electrons. The molecule has 0 aromatic carbocycles. The molecule has 0 aliphatic rings. The molecule has 4 rings (SSSR count). The number of carbonyl (C=O) groups excluding carboxylic acids is 1. The zero-order valence-electron chi connectivity index (χ0n) is 19.6. The molecule has 0 aliphatic carbocycles. The van der Waals surface area contributed by atoms with Crippen molar-refractivity contribution in [3.8, 4) is 0 Å². The van der Waals surface area contributed by atoms with E-state index in [0.717, 1.165) is 58.3 Å². The van der Waals surface area contributed by atoms with Crippen LogP contribution in [0.2, 0.25) is 0 Å². The normalized spacial score (nSPS) is 9.59. The molecule has 0 radical (unpaired) electrons. The van der Waals surface area contributed by atoms with E-state index < -0.39 is 0 Å². The minimum atomic E-state index is -0.181. The molecule has 0 fully saturated rings. The van der Waals surface area contributed by atoms with Crippen LogP contribution in [-0.4, -0.2) is 35.2 Å². The Morgan fingerprint density at radius 2 is 1.16 bits per heavy atom. The SMILES string of the molecule is Br.CCc1cn2cc(C)nc(C)c2n1.CCc1cn2cc(C)nc(C)c2n1.O=CO[O-].[Na+]. The van der Waals surface area contributed by atoms with Crippen molar-refractivity contribution in [1.29, 1.82) is 0 Å². The summed E-state index contributed by atoms with van der Waals surface area (Å²) in [7, 11) is 0. The van der Waals surface area contributed by atoms with Gasteiger partial charge in [0.05, 0.1) is 34.2 Å². The van der Waals surface area contributed by atoms with Crippen LogP contribution in [0, 0.1) is 27.7 Å². The van der Waals surface area contributed by atoms with Crippen LogP contribution in [0.1, 0.15) is 48.0 Å². The van der Waals surface area contributed by atoms with Gasteiger partial charge >= 0.3 is 29.6 Å². The molecule has 0 N–H and O–H groups in total. The van der Waals surface area contributed by atoms with Gasteiger partial charge in [-0.2, -0.15) is 0 Å². The van der Waals surface area contributed by atoms with Crippen LogP contribution in [0.5, 0.6) is 0 Å². The van der Waals surface area contributed by atoms with Gasteiger partial charge in [-0.25, -0.2) is 9.97 Å². The number of rotatable bonds is 3. The third-order valence-electron chi connectivity index (χ3n) is 4.32. The van der Waals surface area contributed by atoms with Crippen molar-refractivity contribution in [1.82, 2.24) is 28.7 Å². The maximum absolute atomic E-state index is 8.64. The predicted octanol–water partition coefficient (Wildman–Crippen LogP) is -0.166. The molecule has 11 heteroatoms. The number of fused-ring (bicyclic) bond motifs is 2. The van der Waals surface area contributed by atoms with Gasteiger partial charge in [0, 0.05) is 24.8 Å². The fourth-order valence-electron chi connectivity index (χ4n) is 3.05. The van der Waals surface area contributed by atoms with Crippen LogP contribution in [0.25, 0.3) is 11.3 Å². The Hall–Kier alpha value is -1.85. The van der Waals surface area contributed by atoms with E-state index >= 15 is 0 Å². The molecular formula is C21H28BrN6NaO3. The van der Waals surface area contributed by atoms with Crippen molar-refractivity contribution in [2.24, 2.45) is 0 Å². The van der Waals surface area contributed by atoms with E-state index in [1.54, 1.807) is 0 Å². The largest absolute Gasteiger partial charge is 1.00 e. The summed E-state index contributed by atoms with van der Waals surface area (Å²) in [4.78, 5) is 28.9. The van der Waals surface area contributed by atoms with Gasteiger partial charge in [-0.05, 0) is 40.5 Å². The maximum Gasteiger partial charge on any atom is 1.00 e. The zero-order chi connectivity index (χ0) is 22.3. The van der Waals surface area contributed by atoms with Crippen LogP contribution in [-0.2, 0) is 22.5 Å². The van der Waals surface area contributed by atoms with Gasteiger partial charge in [-0.15, -0.1) is 17.0 Å². The summed E-state index contributed by atoms with van der Waals surface area (Å²) in [5.74, 6) is 0. The van der Waals surface area contributed by atoms with E-state index in [1.165, 1.54) is 0 Å². The van der Waals surface area contributed by atoms with Crippen molar-refractivity contribution < 1.29 is 44.5 Å². The Morgan fingerprint density at radius 1 is 0.812 bits per heavy atom. The number of hydrogen-bond acceptors (Lipinski definition) is 7. The smallest absolute Gasteiger partial charge is 0.662 e. The summed E-state index contributed by atoms with van der Waals surface area (Å²) < 4.78 is 4.10. The molecule has 0 amide bonds. The quantitative estimate of drug-likeness (QED) is 0.161. The summed E-state index contributed by atoms with van der Waals surface area (Å²) in [6.45, 7) is 12.0. The second-order valence-electron chi connectivity index (χ2n) is 6.76. The second-order valence-corrected chi connectivity index (χ2v) is 6.76. The van der Waals surface area contributed by atoms with E-state index in [1.807, 2.05) is 40.1 Å². The predicted molar refractivity (Wildman–Crippen MR) is 121 cm³/mol. The number of aryl methyl sites for hydroxylation is 6. The Kier molecular flexibility index (Phi) is 13.5. The van der Waals surface area contributed by atoms with Crippen LogP contribution in [0.15, 0.2) is 24.8 Å². The molecule has 4 aromatic rings. The topological polar surface area (TPSA) is 110 Å². The van der Waals surface area contributed by atoms with Crippen LogP contribution >= 0.6 is 17.0 Å². The number of carbonyl (C=O) groups is 1. The Labute approximate surface area is 220 Å². The average Bonchev–Trinajstić information content (AvgIpc) is 3.32. The van der Waals surface area contributed by atoms with Crippen molar-refractivity contribution >= 4 is 34.7 Å². The summed E-state index contributed by atoms with van der Waals surface area (Å²) >= 11 is 0. The van der Waals surface area contributed by atoms with Gasteiger partial charge < -0.3 is 18.9 Å². The monoisotopic (exact) mass is 514 g/mol. The molecule has 0 saturated heterocycles. The van der Waals surface area contributed by atoms with Gasteiger partial charge in [0.2, 0.25) is 0 Å². The number of aromatic nitrogens is 6. The molecular weight excluding hydrogens is 487 g/mol. The average molecular weight is 515 g/mol. The second kappa shape index (κ2) is 14.3. The van der Waals surface area contributed by atoms with E-state index in [-0.39, 0.29) is 53.0 Å². The summed E-state index contributed by atoms with van der Waals surface area (Å²) in [5.41, 5.74) is 8.26. The first-order valence-electron chi connectivity index (χ1n) is 9.68. The molecule has 4 aromatic heterocycles. The number of nitrogens with zero attached hydrogens (tertiary/aromatic N) is 6. The van der Waals surface area contributed by atoms with Crippen molar-refractivity contribution in [2.75, 3.05) is 0 Å². The molecule has 0 spiro atoms. The molecule has 0 aliphatic heterocycles. The summed E-state index contributed by atoms with van der Waals surface area (Å²) in [5, 5.41) is 8.43. The number of hydrogen-bond donors (Lipinski definition) is 0. The Morgan fingerprint density at radius 3 is 1.44 bits per heavy atom. The standard InChI is InChI=1S/2C10H13N3.CH2O3.BrH.Na/c2*1-4-9-6-13-5-7(2)11-8(3)10(13)12-9;2-1-4-3;;/h2*5-6H,4H2,1-3H3;1,3H;1H;/q;;;;+1/p-1. The minimum Gasteiger partial charge on any atom is -0.662 e. The van der Waals surface area contributed by atoms with E-state index in [4.69, 9.17) is 10.1 Å². The molecule has 0 unspecified atom stereocenters. The van der Waals surface area contributed by atoms with Crippen molar-refractivity contribution in [3.63, 3.8) is 0 Å². The molecule has 0 bridgehead atoms. The third-order valence-corrected chi connectivity index (χ3v) is 4.32. The fourth-order valence-corrected chi connectivity index (χ4v) is 3.05. The fraction of sp³-hybridized carbons (Fsp3) is 0.381. The van der Waals surface area contributed by atoms with Gasteiger partial charge in [-0.1, -0.05) is 13.8 Å². The van der Waals surface area contributed by atoms with Gasteiger partial charge in [0.1, 0.15) is 0 Å². The molecule has 0 atom stereocenters. The first kappa shape index (κ1) is 30.1. The summed E-state index contributed by atoms with van der Waals surface area (Å²) in [6.07, 6.45) is 10.1. The van der Waals surface area contributed by atoms with Gasteiger partial charge in [0.25, 0.3) is 6.47 Å². The Balaban J connectivity index is 0.000000490. The van der Waals surface area contributed by atoms with Crippen molar-refractivity contribution in [2.45, 2.75) is 54.4 Å². The first-order chi connectivity index (χ1) is 14.3. The zero-order valence-corrected chi connectivity index (χ0v) is 23.3. The minimum absolute atomic E-state index is 0. The first-order valence-corrected chi connectivity index (χ1v) is 9.68. The summed E-state index contributed by atoms with van der Waals surface area (Å²) in [6, 6.07) is 0. The van der Waals surface area contributed by atoms with Gasteiger partial charge in [0.15, 0.2) is 11.3 Å².